The normalized spacial score (nSPS) is 36.1. The number of aromatic hydroxyl groups is 3. The molecule has 16 heteroatoms. The van der Waals surface area contributed by atoms with E-state index in [-0.39, 0.29) is 29.2 Å². The maximum Gasteiger partial charge on any atom is 0.229 e. The molecule has 0 unspecified atom stereocenters. The van der Waals surface area contributed by atoms with Crippen LogP contribution in [0.2, 0.25) is 0 Å². The fraction of sp³-hybridized carbons (Fsp3) is 0.519. The average molecular weight is 613 g/mol. The van der Waals surface area contributed by atoms with Gasteiger partial charge in [0.2, 0.25) is 6.29 Å². The summed E-state index contributed by atoms with van der Waals surface area (Å²) in [7, 11) is 0. The summed E-state index contributed by atoms with van der Waals surface area (Å²) in [6.07, 6.45) is -17.9. The van der Waals surface area contributed by atoms with E-state index >= 15 is 0 Å². The minimum absolute atomic E-state index is 0.120. The van der Waals surface area contributed by atoms with Gasteiger partial charge in [-0.15, -0.1) is 0 Å². The molecule has 236 valence electrons. The van der Waals surface area contributed by atoms with E-state index in [1.165, 1.54) is 24.3 Å². The summed E-state index contributed by atoms with van der Waals surface area (Å²) in [5.41, 5.74) is 0.195. The molecule has 0 aliphatic carbocycles. The van der Waals surface area contributed by atoms with Crippen molar-refractivity contribution in [3.63, 3.8) is 0 Å². The predicted octanol–water partition coefficient (Wildman–Crippen LogP) is -2.49. The Hall–Kier alpha value is -3.29. The first-order chi connectivity index (χ1) is 20.4. The zero-order valence-electron chi connectivity index (χ0n) is 22.3. The van der Waals surface area contributed by atoms with Crippen LogP contribution in [0.3, 0.4) is 0 Å². The molecule has 2 aromatic carbocycles. The summed E-state index contributed by atoms with van der Waals surface area (Å²) < 4.78 is 28.2. The zero-order chi connectivity index (χ0) is 31.2. The highest BCUT2D eigenvalue weighted by molar-refractivity contribution is 6.02. The minimum Gasteiger partial charge on any atom is -0.507 e. The molecule has 3 aliphatic heterocycles. The number of rotatable bonds is 7. The van der Waals surface area contributed by atoms with Gasteiger partial charge in [-0.25, -0.2) is 0 Å². The van der Waals surface area contributed by atoms with Gasteiger partial charge in [-0.1, -0.05) is 6.07 Å². The first kappa shape index (κ1) is 31.1. The first-order valence-corrected chi connectivity index (χ1v) is 13.3. The van der Waals surface area contributed by atoms with Crippen LogP contribution in [0.1, 0.15) is 28.4 Å². The van der Waals surface area contributed by atoms with Crippen LogP contribution in [0.5, 0.6) is 28.7 Å². The van der Waals surface area contributed by atoms with Gasteiger partial charge in [-0.05, 0) is 17.7 Å². The standard InChI is InChI=1S/C27H32O16/c28-7-17-20(34)22(36)24(38)26(41-17)43-25-23(37)21(35)18(8-29)42-27(25)39-10-4-13(32)19-14(33)6-15(40-16(19)5-10)9-1-2-11(30)12(31)3-9/h1-5,15,17-18,20-32,34-38H,6-8H2/t15-,17+,18+,20-,21-,22-,23-,24+,25+,26-,27+/m0/s1. The smallest absolute Gasteiger partial charge is 0.229 e. The third-order valence-corrected chi connectivity index (χ3v) is 7.56. The molecule has 16 nitrogen and oxygen atoms in total. The number of benzene rings is 2. The van der Waals surface area contributed by atoms with Crippen LogP contribution in [0.25, 0.3) is 0 Å². The Morgan fingerprint density at radius 1 is 0.744 bits per heavy atom. The molecule has 0 spiro atoms. The van der Waals surface area contributed by atoms with E-state index < -0.39 is 98.0 Å². The highest BCUT2D eigenvalue weighted by Gasteiger charge is 2.51. The molecular formula is C27H32O16. The maximum absolute atomic E-state index is 12.9. The van der Waals surface area contributed by atoms with Crippen LogP contribution >= 0.6 is 0 Å². The Labute approximate surface area is 243 Å². The molecule has 2 fully saturated rings. The van der Waals surface area contributed by atoms with Crippen molar-refractivity contribution in [2.24, 2.45) is 0 Å². The van der Waals surface area contributed by atoms with Crippen LogP contribution in [0, 0.1) is 0 Å². The Balaban J connectivity index is 1.42. The lowest BCUT2D eigenvalue weighted by Crippen LogP contribution is -2.65. The zero-order valence-corrected chi connectivity index (χ0v) is 22.3. The fourth-order valence-corrected chi connectivity index (χ4v) is 5.17. The van der Waals surface area contributed by atoms with Crippen LogP contribution in [0.4, 0.5) is 0 Å². The van der Waals surface area contributed by atoms with Gasteiger partial charge in [0.05, 0.1) is 19.6 Å². The highest BCUT2D eigenvalue weighted by atomic mass is 16.8. The SMILES string of the molecule is O=C1C[C@@H](c2ccc(O)c(O)c2)Oc2cc(O[C@@H]3O[C@H](CO)[C@H](O)[C@H](O)[C@H]3O[C@@H]3O[C@H](CO)[C@H](O)[C@H](O)[C@H]3O)cc(O)c21. The van der Waals surface area contributed by atoms with Crippen molar-refractivity contribution in [2.45, 2.75) is 73.9 Å². The molecule has 10 N–H and O–H groups in total. The minimum atomic E-state index is -1.87. The quantitative estimate of drug-likeness (QED) is 0.145. The lowest BCUT2D eigenvalue weighted by atomic mass is 9.95. The molecule has 0 saturated carbocycles. The largest absolute Gasteiger partial charge is 0.507 e. The summed E-state index contributed by atoms with van der Waals surface area (Å²) in [5, 5.41) is 101. The number of hydrogen-bond acceptors (Lipinski definition) is 16. The molecule has 43 heavy (non-hydrogen) atoms. The van der Waals surface area contributed by atoms with Gasteiger partial charge in [0, 0.05) is 12.1 Å². The second-order valence-corrected chi connectivity index (χ2v) is 10.4. The first-order valence-electron chi connectivity index (χ1n) is 13.3. The Morgan fingerprint density at radius 2 is 1.40 bits per heavy atom. The number of aliphatic hydroxyl groups excluding tert-OH is 7. The summed E-state index contributed by atoms with van der Waals surface area (Å²) in [6, 6.07) is 6.15. The number of hydrogen-bond donors (Lipinski definition) is 10. The lowest BCUT2D eigenvalue weighted by molar-refractivity contribution is -0.357. The van der Waals surface area contributed by atoms with Crippen molar-refractivity contribution in [1.82, 2.24) is 0 Å². The van der Waals surface area contributed by atoms with Crippen molar-refractivity contribution in [3.05, 3.63) is 41.5 Å². The average Bonchev–Trinajstić information content (AvgIpc) is 2.97. The number of fused-ring (bicyclic) bond motifs is 1. The van der Waals surface area contributed by atoms with Gasteiger partial charge in [0.15, 0.2) is 29.7 Å². The van der Waals surface area contributed by atoms with Crippen molar-refractivity contribution in [3.8, 4) is 28.7 Å². The van der Waals surface area contributed by atoms with Crippen LogP contribution in [-0.4, -0.2) is 131 Å². The molecule has 0 amide bonds. The summed E-state index contributed by atoms with van der Waals surface area (Å²) in [6.45, 7) is -1.53. The fourth-order valence-electron chi connectivity index (χ4n) is 5.17. The second-order valence-electron chi connectivity index (χ2n) is 10.4. The topological polar surface area (TPSA) is 266 Å². The summed E-state index contributed by atoms with van der Waals surface area (Å²) >= 11 is 0. The molecule has 3 heterocycles. The van der Waals surface area contributed by atoms with E-state index in [1.807, 2.05) is 0 Å². The Bertz CT molecular complexity index is 1320. The van der Waals surface area contributed by atoms with Crippen LogP contribution in [0.15, 0.2) is 30.3 Å². The van der Waals surface area contributed by atoms with E-state index in [9.17, 15) is 55.9 Å². The number of aliphatic hydroxyl groups is 7. The second kappa shape index (κ2) is 12.4. The van der Waals surface area contributed by atoms with Crippen molar-refractivity contribution < 1.29 is 79.5 Å². The van der Waals surface area contributed by atoms with E-state index in [1.54, 1.807) is 0 Å². The highest BCUT2D eigenvalue weighted by Crippen LogP contribution is 2.43. The molecule has 2 saturated heterocycles. The number of phenols is 3. The predicted molar refractivity (Wildman–Crippen MR) is 137 cm³/mol. The van der Waals surface area contributed by atoms with E-state index in [4.69, 9.17) is 23.7 Å². The lowest BCUT2D eigenvalue weighted by Gasteiger charge is -2.45. The van der Waals surface area contributed by atoms with Gasteiger partial charge in [-0.2, -0.15) is 0 Å². The van der Waals surface area contributed by atoms with Gasteiger partial charge in [0.1, 0.15) is 71.6 Å². The number of ether oxygens (including phenoxy) is 5. The molecule has 0 bridgehead atoms. The Morgan fingerprint density at radius 3 is 2.05 bits per heavy atom. The van der Waals surface area contributed by atoms with Crippen molar-refractivity contribution in [2.75, 3.05) is 13.2 Å². The van der Waals surface area contributed by atoms with Gasteiger partial charge in [-0.3, -0.25) is 4.79 Å². The van der Waals surface area contributed by atoms with Gasteiger partial charge in [0.25, 0.3) is 0 Å². The molecule has 5 rings (SSSR count). The molecule has 11 atom stereocenters. The van der Waals surface area contributed by atoms with Crippen LogP contribution in [-0.2, 0) is 14.2 Å². The van der Waals surface area contributed by atoms with Gasteiger partial charge < -0.3 is 74.7 Å². The molecule has 3 aliphatic rings. The van der Waals surface area contributed by atoms with Crippen molar-refractivity contribution >= 4 is 5.78 Å². The molecule has 0 aromatic heterocycles. The third-order valence-electron chi connectivity index (χ3n) is 7.56. The summed E-state index contributed by atoms with van der Waals surface area (Å²) in [5.74, 6) is -2.15. The molecule has 0 radical (unpaired) electrons. The third kappa shape index (κ3) is 5.94. The number of phenolic OH excluding ortho intramolecular Hbond substituents is 3. The van der Waals surface area contributed by atoms with E-state index in [2.05, 4.69) is 0 Å². The summed E-state index contributed by atoms with van der Waals surface area (Å²) in [4.78, 5) is 12.9. The number of carbonyl (C=O) groups excluding carboxylic acids is 1. The maximum atomic E-state index is 12.9. The van der Waals surface area contributed by atoms with E-state index in [0.717, 1.165) is 6.07 Å². The van der Waals surface area contributed by atoms with Gasteiger partial charge >= 0.3 is 0 Å². The Kier molecular flexibility index (Phi) is 8.96. The number of Topliss-reactive ketones (excluding diaryl/α,β-unsaturated/α-hetero) is 1. The molecular weight excluding hydrogens is 580 g/mol. The van der Waals surface area contributed by atoms with Crippen LogP contribution < -0.4 is 9.47 Å². The van der Waals surface area contributed by atoms with Crippen molar-refractivity contribution in [1.29, 1.82) is 0 Å². The van der Waals surface area contributed by atoms with E-state index in [0.29, 0.717) is 5.56 Å². The molecule has 2 aromatic rings. The number of carbonyl (C=O) groups is 1. The monoisotopic (exact) mass is 612 g/mol. The number of ketones is 1.